The Hall–Kier alpha value is -2.41. The number of likely N-dealkylation sites (tertiary alicyclic amines) is 1. The fourth-order valence-corrected chi connectivity index (χ4v) is 3.47. The fraction of sp³-hybridized carbons (Fsp3) is 0.500. The molecule has 1 fully saturated rings. The lowest BCUT2D eigenvalue weighted by Gasteiger charge is -2.37. The van der Waals surface area contributed by atoms with Gasteiger partial charge in [0.05, 0.1) is 19.7 Å². The van der Waals surface area contributed by atoms with Crippen LogP contribution in [-0.4, -0.2) is 50.4 Å². The first-order valence-corrected chi connectivity index (χ1v) is 8.51. The first-order chi connectivity index (χ1) is 12.0. The van der Waals surface area contributed by atoms with Crippen LogP contribution in [0.4, 0.5) is 0 Å². The Morgan fingerprint density at radius 2 is 2.16 bits per heavy atom. The minimum atomic E-state index is -1.11. The average Bonchev–Trinajstić information content (AvgIpc) is 3.31. The normalized spacial score (nSPS) is 19.6. The quantitative estimate of drug-likeness (QED) is 0.860. The number of rotatable bonds is 6. The molecule has 1 aromatic heterocycles. The van der Waals surface area contributed by atoms with E-state index in [-0.39, 0.29) is 11.9 Å². The summed E-state index contributed by atoms with van der Waals surface area (Å²) < 4.78 is 6.82. The number of hydrogen-bond acceptors (Lipinski definition) is 5. The molecule has 7 nitrogen and oxygen atoms in total. The van der Waals surface area contributed by atoms with Crippen LogP contribution in [0.15, 0.2) is 36.9 Å². The fourth-order valence-electron chi connectivity index (χ4n) is 3.47. The highest BCUT2D eigenvalue weighted by Crippen LogP contribution is 2.35. The third-order valence-corrected chi connectivity index (χ3v) is 4.92. The Morgan fingerprint density at radius 3 is 2.80 bits per heavy atom. The van der Waals surface area contributed by atoms with E-state index in [1.165, 1.54) is 6.33 Å². The van der Waals surface area contributed by atoms with Crippen molar-refractivity contribution in [3.8, 4) is 5.75 Å². The van der Waals surface area contributed by atoms with Gasteiger partial charge in [-0.25, -0.2) is 4.98 Å². The first-order valence-electron chi connectivity index (χ1n) is 8.51. The van der Waals surface area contributed by atoms with Gasteiger partial charge in [0.1, 0.15) is 24.0 Å². The number of hydrogen-bond donors (Lipinski definition) is 1. The van der Waals surface area contributed by atoms with Crippen LogP contribution in [0.1, 0.15) is 31.7 Å². The number of benzene rings is 1. The van der Waals surface area contributed by atoms with Crippen LogP contribution in [-0.2, 0) is 16.9 Å². The smallest absolute Gasteiger partial charge is 0.224 e. The molecule has 134 valence electrons. The summed E-state index contributed by atoms with van der Waals surface area (Å²) in [5, 5.41) is 15.2. The minimum Gasteiger partial charge on any atom is -0.497 e. The molecule has 0 aliphatic carbocycles. The van der Waals surface area contributed by atoms with E-state index in [4.69, 9.17) is 4.74 Å². The molecule has 1 aliphatic heterocycles. The second-order valence-electron chi connectivity index (χ2n) is 6.53. The number of aromatic nitrogens is 3. The van der Waals surface area contributed by atoms with Gasteiger partial charge in [0, 0.05) is 13.0 Å². The van der Waals surface area contributed by atoms with E-state index in [0.717, 1.165) is 24.2 Å². The van der Waals surface area contributed by atoms with Gasteiger partial charge in [0.2, 0.25) is 5.91 Å². The van der Waals surface area contributed by atoms with E-state index in [1.807, 2.05) is 24.3 Å². The molecule has 3 rings (SSSR count). The summed E-state index contributed by atoms with van der Waals surface area (Å²) in [6, 6.07) is 7.14. The van der Waals surface area contributed by atoms with E-state index in [0.29, 0.717) is 19.5 Å². The highest BCUT2D eigenvalue weighted by atomic mass is 16.5. The molecule has 25 heavy (non-hydrogen) atoms. The molecule has 0 radical (unpaired) electrons. The van der Waals surface area contributed by atoms with Crippen LogP contribution in [0.3, 0.4) is 0 Å². The molecule has 0 spiro atoms. The van der Waals surface area contributed by atoms with Gasteiger partial charge in [-0.1, -0.05) is 12.1 Å². The summed E-state index contributed by atoms with van der Waals surface area (Å²) in [5.41, 5.74) is -0.319. The maximum Gasteiger partial charge on any atom is 0.224 e. The van der Waals surface area contributed by atoms with Gasteiger partial charge >= 0.3 is 0 Å². The summed E-state index contributed by atoms with van der Waals surface area (Å²) in [7, 11) is 1.61. The van der Waals surface area contributed by atoms with Crippen molar-refractivity contribution in [1.82, 2.24) is 19.7 Å². The number of carbonyl (C=O) groups excluding carboxylic acids is 1. The van der Waals surface area contributed by atoms with Gasteiger partial charge in [-0.2, -0.15) is 5.10 Å². The average molecular weight is 344 g/mol. The third kappa shape index (κ3) is 3.66. The molecule has 2 unspecified atom stereocenters. The SMILES string of the molecule is COc1ccc(C(C)(O)C2CCCN2C(=O)CCn2cncn2)cc1. The molecule has 1 amide bonds. The lowest BCUT2D eigenvalue weighted by molar-refractivity contribution is -0.138. The van der Waals surface area contributed by atoms with E-state index >= 15 is 0 Å². The molecule has 0 saturated carbocycles. The maximum absolute atomic E-state index is 12.7. The van der Waals surface area contributed by atoms with Crippen LogP contribution in [0.5, 0.6) is 5.75 Å². The van der Waals surface area contributed by atoms with Crippen molar-refractivity contribution in [2.75, 3.05) is 13.7 Å². The number of amides is 1. The number of aliphatic hydroxyl groups is 1. The molecule has 0 bridgehead atoms. The third-order valence-electron chi connectivity index (χ3n) is 4.92. The topological polar surface area (TPSA) is 80.5 Å². The van der Waals surface area contributed by atoms with Gasteiger partial charge in [-0.15, -0.1) is 0 Å². The summed E-state index contributed by atoms with van der Waals surface area (Å²) in [5.74, 6) is 0.776. The lowest BCUT2D eigenvalue weighted by atomic mass is 9.86. The zero-order chi connectivity index (χ0) is 17.9. The summed E-state index contributed by atoms with van der Waals surface area (Å²) in [4.78, 5) is 18.4. The van der Waals surface area contributed by atoms with Crippen LogP contribution < -0.4 is 4.74 Å². The molecule has 1 saturated heterocycles. The standard InChI is InChI=1S/C18H24N4O3/c1-18(24,14-5-7-15(25-2)8-6-14)16-4-3-10-22(16)17(23)9-11-21-13-19-12-20-21/h5-8,12-13,16,24H,3-4,9-11H2,1-2H3. The van der Waals surface area contributed by atoms with E-state index < -0.39 is 5.60 Å². The lowest BCUT2D eigenvalue weighted by Crippen LogP contribution is -2.48. The Morgan fingerprint density at radius 1 is 1.40 bits per heavy atom. The second-order valence-corrected chi connectivity index (χ2v) is 6.53. The number of ether oxygens (including phenoxy) is 1. The Kier molecular flexibility index (Phi) is 5.03. The molecule has 2 atom stereocenters. The maximum atomic E-state index is 12.7. The number of carbonyl (C=O) groups is 1. The number of methoxy groups -OCH3 is 1. The van der Waals surface area contributed by atoms with Gasteiger partial charge in [0.25, 0.3) is 0 Å². The zero-order valence-electron chi connectivity index (χ0n) is 14.6. The molecular weight excluding hydrogens is 320 g/mol. The predicted octanol–water partition coefficient (Wildman–Crippen LogP) is 1.58. The molecule has 2 aromatic rings. The zero-order valence-corrected chi connectivity index (χ0v) is 14.6. The largest absolute Gasteiger partial charge is 0.497 e. The van der Waals surface area contributed by atoms with Crippen LogP contribution in [0, 0.1) is 0 Å². The number of aryl methyl sites for hydroxylation is 1. The van der Waals surface area contributed by atoms with Crippen molar-refractivity contribution in [3.63, 3.8) is 0 Å². The van der Waals surface area contributed by atoms with Gasteiger partial charge < -0.3 is 14.7 Å². The predicted molar refractivity (Wildman–Crippen MR) is 91.9 cm³/mol. The molecule has 1 aromatic carbocycles. The van der Waals surface area contributed by atoms with Crippen molar-refractivity contribution in [1.29, 1.82) is 0 Å². The van der Waals surface area contributed by atoms with Crippen molar-refractivity contribution in [2.45, 2.75) is 44.4 Å². The Balaban J connectivity index is 1.71. The molecular formula is C18H24N4O3. The Labute approximate surface area is 147 Å². The van der Waals surface area contributed by atoms with Gasteiger partial charge in [0.15, 0.2) is 0 Å². The number of nitrogens with zero attached hydrogens (tertiary/aromatic N) is 4. The summed E-state index contributed by atoms with van der Waals surface area (Å²) in [6.07, 6.45) is 5.08. The highest BCUT2D eigenvalue weighted by molar-refractivity contribution is 5.77. The first kappa shape index (κ1) is 17.4. The van der Waals surface area contributed by atoms with E-state index in [2.05, 4.69) is 10.1 Å². The van der Waals surface area contributed by atoms with Gasteiger partial charge in [-0.05, 0) is 37.5 Å². The second kappa shape index (κ2) is 7.23. The van der Waals surface area contributed by atoms with Crippen LogP contribution in [0.25, 0.3) is 0 Å². The molecule has 1 N–H and O–H groups in total. The van der Waals surface area contributed by atoms with Crippen molar-refractivity contribution in [3.05, 3.63) is 42.5 Å². The highest BCUT2D eigenvalue weighted by Gasteiger charge is 2.42. The Bertz CT molecular complexity index is 698. The molecule has 1 aliphatic rings. The molecule has 2 heterocycles. The van der Waals surface area contributed by atoms with Crippen LogP contribution in [0.2, 0.25) is 0 Å². The van der Waals surface area contributed by atoms with Crippen molar-refractivity contribution in [2.24, 2.45) is 0 Å². The summed E-state index contributed by atoms with van der Waals surface area (Å²) >= 11 is 0. The van der Waals surface area contributed by atoms with Gasteiger partial charge in [-0.3, -0.25) is 9.48 Å². The minimum absolute atomic E-state index is 0.0341. The van der Waals surface area contributed by atoms with Crippen molar-refractivity contribution >= 4 is 5.91 Å². The van der Waals surface area contributed by atoms with Crippen LogP contribution >= 0.6 is 0 Å². The summed E-state index contributed by atoms with van der Waals surface area (Å²) in [6.45, 7) is 2.95. The van der Waals surface area contributed by atoms with Crippen molar-refractivity contribution < 1.29 is 14.6 Å². The van der Waals surface area contributed by atoms with E-state index in [9.17, 15) is 9.90 Å². The van der Waals surface area contributed by atoms with E-state index in [1.54, 1.807) is 29.9 Å². The molecule has 7 heteroatoms. The monoisotopic (exact) mass is 344 g/mol.